The maximum atomic E-state index is 12.9. The number of carbonyl (C=O) groups excluding carboxylic acids is 2. The Labute approximate surface area is 159 Å². The number of nitrogens with one attached hydrogen (secondary N) is 1. The zero-order valence-corrected chi connectivity index (χ0v) is 15.6. The number of halogens is 1. The van der Waals surface area contributed by atoms with Crippen molar-refractivity contribution in [2.75, 3.05) is 13.1 Å². The summed E-state index contributed by atoms with van der Waals surface area (Å²) >= 11 is 0. The highest BCUT2D eigenvalue weighted by molar-refractivity contribution is 5.94. The van der Waals surface area contributed by atoms with Crippen molar-refractivity contribution in [1.82, 2.24) is 10.2 Å². The molecule has 0 unspecified atom stereocenters. The summed E-state index contributed by atoms with van der Waals surface area (Å²) in [6, 6.07) is 13.8. The number of aryl methyl sites for hydroxylation is 2. The fourth-order valence-electron chi connectivity index (χ4n) is 3.31. The van der Waals surface area contributed by atoms with Crippen LogP contribution in [0.3, 0.4) is 0 Å². The molecule has 0 bridgehead atoms. The molecule has 0 saturated carbocycles. The van der Waals surface area contributed by atoms with E-state index in [1.807, 2.05) is 11.8 Å². The summed E-state index contributed by atoms with van der Waals surface area (Å²) in [6.45, 7) is 3.36. The van der Waals surface area contributed by atoms with Crippen LogP contribution in [0, 0.1) is 12.7 Å². The summed E-state index contributed by atoms with van der Waals surface area (Å²) in [5.74, 6) is -0.387. The fourth-order valence-corrected chi connectivity index (χ4v) is 3.31. The van der Waals surface area contributed by atoms with Crippen LogP contribution in [-0.4, -0.2) is 35.8 Å². The van der Waals surface area contributed by atoms with E-state index in [0.717, 1.165) is 19.3 Å². The lowest BCUT2D eigenvalue weighted by Crippen LogP contribution is -2.46. The number of hydrogen-bond acceptors (Lipinski definition) is 2. The van der Waals surface area contributed by atoms with Crippen LogP contribution < -0.4 is 5.32 Å². The van der Waals surface area contributed by atoms with Crippen LogP contribution in [0.2, 0.25) is 0 Å². The van der Waals surface area contributed by atoms with Gasteiger partial charge < -0.3 is 10.2 Å². The van der Waals surface area contributed by atoms with Gasteiger partial charge in [0.05, 0.1) is 0 Å². The number of carbonyl (C=O) groups is 2. The predicted octanol–water partition coefficient (Wildman–Crippen LogP) is 3.49. The average molecular weight is 368 g/mol. The molecule has 4 nitrogen and oxygen atoms in total. The lowest BCUT2D eigenvalue weighted by atomic mass is 10.0. The second kappa shape index (κ2) is 8.80. The Morgan fingerprint density at radius 2 is 1.67 bits per heavy atom. The molecule has 27 heavy (non-hydrogen) atoms. The van der Waals surface area contributed by atoms with E-state index in [9.17, 15) is 14.0 Å². The lowest BCUT2D eigenvalue weighted by Gasteiger charge is -2.32. The molecule has 0 radical (unpaired) electrons. The van der Waals surface area contributed by atoms with Gasteiger partial charge in [0.15, 0.2) is 0 Å². The number of rotatable bonds is 5. The summed E-state index contributed by atoms with van der Waals surface area (Å²) in [4.78, 5) is 26.5. The molecule has 2 aromatic rings. The van der Waals surface area contributed by atoms with Gasteiger partial charge in [0.25, 0.3) is 5.91 Å². The van der Waals surface area contributed by atoms with Crippen molar-refractivity contribution in [2.45, 2.75) is 38.6 Å². The summed E-state index contributed by atoms with van der Waals surface area (Å²) in [5.41, 5.74) is 2.85. The van der Waals surface area contributed by atoms with Crippen LogP contribution in [0.1, 0.15) is 40.7 Å². The molecule has 1 aliphatic rings. The van der Waals surface area contributed by atoms with Crippen LogP contribution in [0.25, 0.3) is 0 Å². The smallest absolute Gasteiger partial charge is 0.251 e. The first-order valence-corrected chi connectivity index (χ1v) is 9.41. The Hall–Kier alpha value is -2.69. The van der Waals surface area contributed by atoms with Gasteiger partial charge in [0.1, 0.15) is 5.82 Å². The van der Waals surface area contributed by atoms with Gasteiger partial charge in [0.2, 0.25) is 5.91 Å². The van der Waals surface area contributed by atoms with E-state index >= 15 is 0 Å². The van der Waals surface area contributed by atoms with Gasteiger partial charge >= 0.3 is 0 Å². The lowest BCUT2D eigenvalue weighted by molar-refractivity contribution is -0.132. The van der Waals surface area contributed by atoms with Gasteiger partial charge in [0, 0.05) is 31.1 Å². The monoisotopic (exact) mass is 368 g/mol. The normalized spacial score (nSPS) is 14.8. The van der Waals surface area contributed by atoms with Crippen molar-refractivity contribution in [2.24, 2.45) is 0 Å². The van der Waals surface area contributed by atoms with Crippen molar-refractivity contribution < 1.29 is 14.0 Å². The van der Waals surface area contributed by atoms with Crippen LogP contribution >= 0.6 is 0 Å². The highest BCUT2D eigenvalue weighted by Gasteiger charge is 2.24. The first-order valence-electron chi connectivity index (χ1n) is 9.41. The molecule has 1 heterocycles. The Balaban J connectivity index is 1.42. The maximum absolute atomic E-state index is 12.9. The largest absolute Gasteiger partial charge is 0.349 e. The second-order valence-corrected chi connectivity index (χ2v) is 7.12. The van der Waals surface area contributed by atoms with Crippen molar-refractivity contribution in [3.8, 4) is 0 Å². The molecule has 0 atom stereocenters. The molecule has 2 amide bonds. The minimum absolute atomic E-state index is 0.0451. The molecule has 1 aliphatic heterocycles. The highest BCUT2D eigenvalue weighted by atomic mass is 19.1. The maximum Gasteiger partial charge on any atom is 0.251 e. The molecule has 0 aliphatic carbocycles. The van der Waals surface area contributed by atoms with Gasteiger partial charge in [-0.15, -0.1) is 0 Å². The number of nitrogens with zero attached hydrogens (tertiary/aromatic N) is 1. The third-order valence-corrected chi connectivity index (χ3v) is 5.04. The number of piperidine rings is 1. The van der Waals surface area contributed by atoms with Gasteiger partial charge in [-0.2, -0.15) is 0 Å². The Morgan fingerprint density at radius 3 is 2.30 bits per heavy atom. The molecule has 5 heteroatoms. The van der Waals surface area contributed by atoms with E-state index in [1.54, 1.807) is 0 Å². The van der Waals surface area contributed by atoms with Crippen LogP contribution in [0.5, 0.6) is 0 Å². The standard InChI is InChI=1S/C22H25FN2O2/c1-16-2-4-17(5-3-16)6-11-21(26)25-14-12-20(13-15-25)24-22(27)18-7-9-19(23)10-8-18/h2-5,7-10,20H,6,11-15H2,1H3,(H,24,27). The Bertz CT molecular complexity index is 779. The second-order valence-electron chi connectivity index (χ2n) is 7.12. The molecule has 3 rings (SSSR count). The molecule has 2 aromatic carbocycles. The molecule has 0 aromatic heterocycles. The molecule has 1 saturated heterocycles. The van der Waals surface area contributed by atoms with Crippen molar-refractivity contribution in [3.63, 3.8) is 0 Å². The summed E-state index contributed by atoms with van der Waals surface area (Å²) in [6.07, 6.45) is 2.74. The minimum atomic E-state index is -0.357. The van der Waals surface area contributed by atoms with Crippen LogP contribution in [-0.2, 0) is 11.2 Å². The van der Waals surface area contributed by atoms with E-state index in [0.29, 0.717) is 25.1 Å². The van der Waals surface area contributed by atoms with Crippen LogP contribution in [0.15, 0.2) is 48.5 Å². The third-order valence-electron chi connectivity index (χ3n) is 5.04. The summed E-state index contributed by atoms with van der Waals surface area (Å²) < 4.78 is 12.9. The zero-order valence-electron chi connectivity index (χ0n) is 15.6. The van der Waals surface area contributed by atoms with Gasteiger partial charge in [-0.05, 0) is 56.0 Å². The minimum Gasteiger partial charge on any atom is -0.349 e. The Kier molecular flexibility index (Phi) is 6.22. The number of likely N-dealkylation sites (tertiary alicyclic amines) is 1. The fraction of sp³-hybridized carbons (Fsp3) is 0.364. The van der Waals surface area contributed by atoms with Crippen molar-refractivity contribution in [1.29, 1.82) is 0 Å². The molecular weight excluding hydrogens is 343 g/mol. The zero-order chi connectivity index (χ0) is 19.2. The molecule has 0 spiro atoms. The number of hydrogen-bond donors (Lipinski definition) is 1. The Morgan fingerprint density at radius 1 is 1.04 bits per heavy atom. The number of amides is 2. The summed E-state index contributed by atoms with van der Waals surface area (Å²) in [5, 5.41) is 2.98. The predicted molar refractivity (Wildman–Crippen MR) is 103 cm³/mol. The third kappa shape index (κ3) is 5.39. The van der Waals surface area contributed by atoms with Crippen LogP contribution in [0.4, 0.5) is 4.39 Å². The SMILES string of the molecule is Cc1ccc(CCC(=O)N2CCC(NC(=O)c3ccc(F)cc3)CC2)cc1. The molecule has 1 fully saturated rings. The van der Waals surface area contributed by atoms with E-state index in [2.05, 4.69) is 29.6 Å². The summed E-state index contributed by atoms with van der Waals surface area (Å²) in [7, 11) is 0. The molecular formula is C22H25FN2O2. The van der Waals surface area contributed by atoms with Gasteiger partial charge in [-0.25, -0.2) is 4.39 Å². The first kappa shape index (κ1) is 19.1. The average Bonchev–Trinajstić information content (AvgIpc) is 2.68. The van der Waals surface area contributed by atoms with Crippen molar-refractivity contribution >= 4 is 11.8 Å². The van der Waals surface area contributed by atoms with E-state index in [4.69, 9.17) is 0 Å². The number of benzene rings is 2. The van der Waals surface area contributed by atoms with Crippen molar-refractivity contribution in [3.05, 3.63) is 71.0 Å². The van der Waals surface area contributed by atoms with E-state index in [1.165, 1.54) is 35.4 Å². The van der Waals surface area contributed by atoms with Gasteiger partial charge in [-0.3, -0.25) is 9.59 Å². The van der Waals surface area contributed by atoms with Gasteiger partial charge in [-0.1, -0.05) is 29.8 Å². The van der Waals surface area contributed by atoms with E-state index < -0.39 is 0 Å². The topological polar surface area (TPSA) is 49.4 Å². The van der Waals surface area contributed by atoms with E-state index in [-0.39, 0.29) is 23.7 Å². The highest BCUT2D eigenvalue weighted by Crippen LogP contribution is 2.14. The molecule has 142 valence electrons. The first-order chi connectivity index (χ1) is 13.0. The molecule has 1 N–H and O–H groups in total. The quantitative estimate of drug-likeness (QED) is 0.878.